The van der Waals surface area contributed by atoms with Crippen LogP contribution in [-0.2, 0) is 4.79 Å². The topological polar surface area (TPSA) is 58.4 Å². The summed E-state index contributed by atoms with van der Waals surface area (Å²) in [4.78, 5) is 14.3. The molecule has 1 heterocycles. The number of nitrogen functional groups attached to an aromatic ring is 1. The first kappa shape index (κ1) is 15.5. The van der Waals surface area contributed by atoms with Crippen LogP contribution < -0.4 is 11.1 Å². The van der Waals surface area contributed by atoms with Crippen LogP contribution in [0.1, 0.15) is 13.3 Å². The van der Waals surface area contributed by atoms with Crippen LogP contribution in [0.15, 0.2) is 18.2 Å². The minimum Gasteiger partial charge on any atom is -0.397 e. The number of carbonyl (C=O) groups excluding carboxylic acids is 1. The van der Waals surface area contributed by atoms with E-state index in [4.69, 9.17) is 17.3 Å². The molecule has 3 N–H and O–H groups in total. The Bertz CT molecular complexity index is 483. The molecule has 1 aromatic rings. The number of carbonyl (C=O) groups is 1. The van der Waals surface area contributed by atoms with E-state index in [0.29, 0.717) is 28.9 Å². The van der Waals surface area contributed by atoms with Crippen LogP contribution in [0.25, 0.3) is 0 Å². The molecule has 1 saturated heterocycles. The second kappa shape index (κ2) is 7.20. The summed E-state index contributed by atoms with van der Waals surface area (Å²) >= 11 is 7.81. The van der Waals surface area contributed by atoms with Gasteiger partial charge in [-0.25, -0.2) is 0 Å². The van der Waals surface area contributed by atoms with Crippen molar-refractivity contribution in [3.05, 3.63) is 23.2 Å². The van der Waals surface area contributed by atoms with Crippen molar-refractivity contribution in [2.75, 3.05) is 35.6 Å². The van der Waals surface area contributed by atoms with E-state index in [0.717, 1.165) is 24.6 Å². The smallest absolute Gasteiger partial charge is 0.225 e. The molecule has 2 rings (SSSR count). The predicted molar refractivity (Wildman–Crippen MR) is 87.5 cm³/mol. The van der Waals surface area contributed by atoms with E-state index in [1.807, 2.05) is 11.8 Å². The fourth-order valence-electron chi connectivity index (χ4n) is 2.20. The highest BCUT2D eigenvalue weighted by atomic mass is 35.5. The van der Waals surface area contributed by atoms with Gasteiger partial charge in [-0.1, -0.05) is 11.6 Å². The van der Waals surface area contributed by atoms with E-state index < -0.39 is 0 Å². The number of amides is 1. The van der Waals surface area contributed by atoms with Gasteiger partial charge in [0, 0.05) is 42.1 Å². The third-order valence-electron chi connectivity index (χ3n) is 3.42. The Hall–Kier alpha value is -0.910. The monoisotopic (exact) mass is 313 g/mol. The minimum atomic E-state index is -0.00977. The fraction of sp³-hybridized carbons (Fsp3) is 0.500. The maximum atomic E-state index is 12.0. The summed E-state index contributed by atoms with van der Waals surface area (Å²) in [7, 11) is 0. The van der Waals surface area contributed by atoms with Crippen LogP contribution in [0.3, 0.4) is 0 Å². The van der Waals surface area contributed by atoms with E-state index in [2.05, 4.69) is 17.1 Å². The normalized spacial score (nSPS) is 19.8. The summed E-state index contributed by atoms with van der Waals surface area (Å²) in [6.45, 7) is 4.06. The maximum Gasteiger partial charge on any atom is 0.225 e. The number of thioether (sulfide) groups is 1. The van der Waals surface area contributed by atoms with Crippen LogP contribution in [0.2, 0.25) is 5.02 Å². The summed E-state index contributed by atoms with van der Waals surface area (Å²) in [5.41, 5.74) is 6.94. The molecule has 1 fully saturated rings. The Labute approximate surface area is 129 Å². The Morgan fingerprint density at radius 3 is 3.10 bits per heavy atom. The van der Waals surface area contributed by atoms with Gasteiger partial charge in [0.2, 0.25) is 5.91 Å². The molecule has 1 aliphatic rings. The third kappa shape index (κ3) is 4.30. The SMILES string of the molecule is CC1CSCCN1CCC(=O)Nc1ccc(Cl)cc1N. The third-order valence-corrected chi connectivity index (χ3v) is 4.84. The Kier molecular flexibility index (Phi) is 5.57. The van der Waals surface area contributed by atoms with Gasteiger partial charge in [0.05, 0.1) is 11.4 Å². The molecular formula is C14H20ClN3OS. The first-order chi connectivity index (χ1) is 9.56. The summed E-state index contributed by atoms with van der Waals surface area (Å²) in [6, 6.07) is 5.64. The van der Waals surface area contributed by atoms with Crippen molar-refractivity contribution >= 4 is 40.6 Å². The van der Waals surface area contributed by atoms with Crippen molar-refractivity contribution in [3.8, 4) is 0 Å². The van der Waals surface area contributed by atoms with Crippen molar-refractivity contribution in [1.82, 2.24) is 4.90 Å². The van der Waals surface area contributed by atoms with Gasteiger partial charge in [0.1, 0.15) is 0 Å². The second-order valence-electron chi connectivity index (χ2n) is 4.99. The maximum absolute atomic E-state index is 12.0. The van der Waals surface area contributed by atoms with Gasteiger partial charge in [-0.15, -0.1) is 0 Å². The molecule has 20 heavy (non-hydrogen) atoms. The lowest BCUT2D eigenvalue weighted by atomic mass is 10.2. The van der Waals surface area contributed by atoms with Gasteiger partial charge in [-0.3, -0.25) is 9.69 Å². The first-order valence-electron chi connectivity index (χ1n) is 6.73. The molecule has 4 nitrogen and oxygen atoms in total. The zero-order chi connectivity index (χ0) is 14.5. The lowest BCUT2D eigenvalue weighted by Gasteiger charge is -2.32. The number of nitrogens with two attached hydrogens (primary N) is 1. The van der Waals surface area contributed by atoms with Gasteiger partial charge in [-0.2, -0.15) is 11.8 Å². The largest absolute Gasteiger partial charge is 0.397 e. The number of anilines is 2. The van der Waals surface area contributed by atoms with E-state index in [1.54, 1.807) is 18.2 Å². The molecule has 110 valence electrons. The molecule has 1 aliphatic heterocycles. The van der Waals surface area contributed by atoms with Crippen molar-refractivity contribution < 1.29 is 4.79 Å². The van der Waals surface area contributed by atoms with Crippen LogP contribution in [-0.4, -0.2) is 41.4 Å². The lowest BCUT2D eigenvalue weighted by Crippen LogP contribution is -2.41. The highest BCUT2D eigenvalue weighted by Crippen LogP contribution is 2.23. The van der Waals surface area contributed by atoms with E-state index >= 15 is 0 Å². The summed E-state index contributed by atoms with van der Waals surface area (Å²) in [5.74, 6) is 2.28. The number of nitrogens with one attached hydrogen (secondary N) is 1. The van der Waals surface area contributed by atoms with Crippen LogP contribution >= 0.6 is 23.4 Å². The average molecular weight is 314 g/mol. The predicted octanol–water partition coefficient (Wildman–Crippen LogP) is 2.69. The molecule has 0 aromatic heterocycles. The van der Waals surface area contributed by atoms with Crippen molar-refractivity contribution in [2.24, 2.45) is 0 Å². The molecule has 6 heteroatoms. The molecule has 0 aliphatic carbocycles. The molecule has 1 atom stereocenters. The molecule has 0 radical (unpaired) electrons. The lowest BCUT2D eigenvalue weighted by molar-refractivity contribution is -0.116. The zero-order valence-electron chi connectivity index (χ0n) is 11.6. The van der Waals surface area contributed by atoms with Gasteiger partial charge < -0.3 is 11.1 Å². The minimum absolute atomic E-state index is 0.00977. The number of hydrogen-bond donors (Lipinski definition) is 2. The van der Waals surface area contributed by atoms with E-state index in [9.17, 15) is 4.79 Å². The summed E-state index contributed by atoms with van der Waals surface area (Å²) < 4.78 is 0. The van der Waals surface area contributed by atoms with E-state index in [-0.39, 0.29) is 5.91 Å². The molecule has 1 amide bonds. The Morgan fingerprint density at radius 2 is 2.40 bits per heavy atom. The van der Waals surface area contributed by atoms with Gasteiger partial charge in [0.15, 0.2) is 0 Å². The highest BCUT2D eigenvalue weighted by molar-refractivity contribution is 7.99. The molecule has 1 aromatic carbocycles. The van der Waals surface area contributed by atoms with Crippen molar-refractivity contribution in [1.29, 1.82) is 0 Å². The van der Waals surface area contributed by atoms with E-state index in [1.165, 1.54) is 0 Å². The number of rotatable bonds is 4. The molecular weight excluding hydrogens is 294 g/mol. The number of nitrogens with zero attached hydrogens (tertiary/aromatic N) is 1. The Balaban J connectivity index is 1.83. The van der Waals surface area contributed by atoms with Crippen LogP contribution in [0.5, 0.6) is 0 Å². The number of hydrogen-bond acceptors (Lipinski definition) is 4. The van der Waals surface area contributed by atoms with Crippen molar-refractivity contribution in [3.63, 3.8) is 0 Å². The zero-order valence-corrected chi connectivity index (χ0v) is 13.1. The molecule has 0 saturated carbocycles. The first-order valence-corrected chi connectivity index (χ1v) is 8.26. The van der Waals surface area contributed by atoms with Crippen LogP contribution in [0, 0.1) is 0 Å². The van der Waals surface area contributed by atoms with Gasteiger partial charge >= 0.3 is 0 Å². The molecule has 1 unspecified atom stereocenters. The number of benzene rings is 1. The fourth-order valence-corrected chi connectivity index (χ4v) is 3.46. The molecule has 0 bridgehead atoms. The van der Waals surface area contributed by atoms with Gasteiger partial charge in [-0.05, 0) is 25.1 Å². The average Bonchev–Trinajstić information content (AvgIpc) is 2.41. The van der Waals surface area contributed by atoms with Gasteiger partial charge in [0.25, 0.3) is 0 Å². The molecule has 0 spiro atoms. The van der Waals surface area contributed by atoms with Crippen LogP contribution in [0.4, 0.5) is 11.4 Å². The summed E-state index contributed by atoms with van der Waals surface area (Å²) in [6.07, 6.45) is 0.483. The second-order valence-corrected chi connectivity index (χ2v) is 6.58. The highest BCUT2D eigenvalue weighted by Gasteiger charge is 2.19. The number of halogens is 1. The standard InChI is InChI=1S/C14H20ClN3OS/c1-10-9-20-7-6-18(10)5-4-14(19)17-13-3-2-11(15)8-12(13)16/h2-3,8,10H,4-7,9,16H2,1H3,(H,17,19). The quantitative estimate of drug-likeness (QED) is 0.839. The van der Waals surface area contributed by atoms with Crippen molar-refractivity contribution in [2.45, 2.75) is 19.4 Å². The summed E-state index contributed by atoms with van der Waals surface area (Å²) in [5, 5.41) is 3.41. The Morgan fingerprint density at radius 1 is 1.60 bits per heavy atom.